The highest BCUT2D eigenvalue weighted by molar-refractivity contribution is 5.61. The van der Waals surface area contributed by atoms with Crippen LogP contribution in [-0.2, 0) is 6.42 Å². The van der Waals surface area contributed by atoms with Crippen molar-refractivity contribution in [2.75, 3.05) is 0 Å². The second kappa shape index (κ2) is 14.2. The van der Waals surface area contributed by atoms with E-state index < -0.39 is 0 Å². The van der Waals surface area contributed by atoms with Crippen molar-refractivity contribution >= 4 is 0 Å². The fraction of sp³-hybridized carbons (Fsp3) is 0.472. The van der Waals surface area contributed by atoms with E-state index in [-0.39, 0.29) is 5.92 Å². The minimum Gasteiger partial charge on any atom is -0.366 e. The molecule has 2 nitrogen and oxygen atoms in total. The van der Waals surface area contributed by atoms with Crippen LogP contribution in [0.2, 0.25) is 0 Å². The van der Waals surface area contributed by atoms with Crippen LogP contribution in [0.15, 0.2) is 95.9 Å². The van der Waals surface area contributed by atoms with Gasteiger partial charge in [-0.2, -0.15) is 5.26 Å². The summed E-state index contributed by atoms with van der Waals surface area (Å²) in [5, 5.41) is 13.3. The molecule has 0 radical (unpaired) electrons. The van der Waals surface area contributed by atoms with Gasteiger partial charge in [0.2, 0.25) is 0 Å². The first-order chi connectivity index (χ1) is 17.9. The molecule has 1 aliphatic rings. The number of nitrogens with zero attached hydrogens (tertiary/aromatic N) is 1. The number of nitriles is 1. The van der Waals surface area contributed by atoms with E-state index in [4.69, 9.17) is 0 Å². The molecule has 0 amide bonds. The number of nitrogens with one attached hydrogen (secondary N) is 1. The van der Waals surface area contributed by atoms with Gasteiger partial charge in [0.15, 0.2) is 0 Å². The quantitative estimate of drug-likeness (QED) is 0.286. The molecule has 0 bridgehead atoms. The van der Waals surface area contributed by atoms with Crippen LogP contribution in [0, 0.1) is 28.6 Å². The smallest absolute Gasteiger partial charge is 0.0998 e. The van der Waals surface area contributed by atoms with Crippen LogP contribution in [0.1, 0.15) is 97.6 Å². The lowest BCUT2D eigenvalue weighted by molar-refractivity contribution is 0.378. The summed E-state index contributed by atoms with van der Waals surface area (Å²) in [6.45, 7) is 28.6. The number of allylic oxidation sites excluding steroid dienone is 8. The maximum absolute atomic E-state index is 10.1. The Morgan fingerprint density at radius 2 is 1.79 bits per heavy atom. The standard InChI is InChI=1S/C36H50N2/c1-11-27(4)38-21-13-12-14-25(2)33-22-26(3)35(34(23-33)24-37)30(7)28(5)29(6)32-17-15-31(16-18-32)19-20-36(8,9)10/h13,15-18,21,23,25,28-29,38H,3-4,7,11-12,14,19-20,22H2,1-2,5-6,8-10H3/b21-13+. The third kappa shape index (κ3) is 9.05. The molecular weight excluding hydrogens is 460 g/mol. The third-order valence-corrected chi connectivity index (χ3v) is 8.01. The van der Waals surface area contributed by atoms with E-state index in [0.717, 1.165) is 54.5 Å². The zero-order valence-corrected chi connectivity index (χ0v) is 25.1. The molecule has 2 rings (SSSR count). The molecule has 1 aromatic carbocycles. The van der Waals surface area contributed by atoms with Gasteiger partial charge in [0.1, 0.15) is 0 Å². The Hall–Kier alpha value is -3.05. The number of hydrogen-bond donors (Lipinski definition) is 1. The zero-order valence-electron chi connectivity index (χ0n) is 25.1. The molecule has 1 aromatic rings. The lowest BCUT2D eigenvalue weighted by Crippen LogP contribution is -2.15. The van der Waals surface area contributed by atoms with Crippen molar-refractivity contribution in [3.05, 3.63) is 107 Å². The fourth-order valence-corrected chi connectivity index (χ4v) is 4.86. The fourth-order valence-electron chi connectivity index (χ4n) is 4.86. The van der Waals surface area contributed by atoms with Gasteiger partial charge in [-0.3, -0.25) is 0 Å². The summed E-state index contributed by atoms with van der Waals surface area (Å²) in [5.41, 5.74) is 9.07. The van der Waals surface area contributed by atoms with Crippen LogP contribution in [0.3, 0.4) is 0 Å². The Morgan fingerprint density at radius 1 is 1.13 bits per heavy atom. The van der Waals surface area contributed by atoms with Gasteiger partial charge in [0, 0.05) is 5.70 Å². The lowest BCUT2D eigenvalue weighted by Gasteiger charge is -2.29. The second-order valence-corrected chi connectivity index (χ2v) is 12.3. The average molecular weight is 511 g/mol. The number of benzene rings is 1. The monoisotopic (exact) mass is 510 g/mol. The first kappa shape index (κ1) is 31.2. The topological polar surface area (TPSA) is 35.8 Å². The van der Waals surface area contributed by atoms with E-state index in [9.17, 15) is 5.26 Å². The van der Waals surface area contributed by atoms with Crippen LogP contribution >= 0.6 is 0 Å². The molecule has 2 heteroatoms. The van der Waals surface area contributed by atoms with Gasteiger partial charge in [0.05, 0.1) is 11.6 Å². The summed E-state index contributed by atoms with van der Waals surface area (Å²) in [6, 6.07) is 11.5. The van der Waals surface area contributed by atoms with E-state index in [0.29, 0.717) is 22.8 Å². The molecule has 0 aliphatic heterocycles. The van der Waals surface area contributed by atoms with E-state index >= 15 is 0 Å². The van der Waals surface area contributed by atoms with Crippen molar-refractivity contribution in [1.82, 2.24) is 5.32 Å². The molecule has 3 atom stereocenters. The zero-order chi connectivity index (χ0) is 28.5. The molecule has 204 valence electrons. The van der Waals surface area contributed by atoms with Gasteiger partial charge in [-0.05, 0) is 102 Å². The van der Waals surface area contributed by atoms with E-state index in [1.165, 1.54) is 23.1 Å². The van der Waals surface area contributed by atoms with Crippen LogP contribution in [-0.4, -0.2) is 0 Å². The molecule has 0 aromatic heterocycles. The first-order valence-corrected chi connectivity index (χ1v) is 14.3. The second-order valence-electron chi connectivity index (χ2n) is 12.3. The molecule has 0 spiro atoms. The maximum atomic E-state index is 10.1. The molecule has 3 unspecified atom stereocenters. The predicted octanol–water partition coefficient (Wildman–Crippen LogP) is 10.1. The van der Waals surface area contributed by atoms with Crippen molar-refractivity contribution in [1.29, 1.82) is 5.26 Å². The van der Waals surface area contributed by atoms with Gasteiger partial charge in [-0.1, -0.05) is 104 Å². The minimum absolute atomic E-state index is 0.202. The first-order valence-electron chi connectivity index (χ1n) is 14.3. The van der Waals surface area contributed by atoms with E-state index in [1.54, 1.807) is 0 Å². The van der Waals surface area contributed by atoms with Crippen LogP contribution in [0.4, 0.5) is 0 Å². The van der Waals surface area contributed by atoms with Crippen molar-refractivity contribution < 1.29 is 0 Å². The molecule has 0 fully saturated rings. The Kier molecular flexibility index (Phi) is 11.6. The molecule has 0 heterocycles. The number of aryl methyl sites for hydroxylation is 1. The lowest BCUT2D eigenvalue weighted by atomic mass is 9.74. The molecule has 1 N–H and O–H groups in total. The molecule has 38 heavy (non-hydrogen) atoms. The molecular formula is C36H50N2. The Balaban J connectivity index is 2.11. The molecule has 1 aliphatic carbocycles. The Morgan fingerprint density at radius 3 is 2.37 bits per heavy atom. The predicted molar refractivity (Wildman–Crippen MR) is 166 cm³/mol. The van der Waals surface area contributed by atoms with Crippen molar-refractivity contribution in [3.63, 3.8) is 0 Å². The summed E-state index contributed by atoms with van der Waals surface area (Å²) < 4.78 is 0. The summed E-state index contributed by atoms with van der Waals surface area (Å²) >= 11 is 0. The highest BCUT2D eigenvalue weighted by atomic mass is 14.8. The highest BCUT2D eigenvalue weighted by Gasteiger charge is 2.27. The molecule has 0 saturated heterocycles. The van der Waals surface area contributed by atoms with Crippen LogP contribution in [0.5, 0.6) is 0 Å². The SMILES string of the molecule is C=C(CC)N/C=C/CCC(C)C1=CC(C#N)=C(C(=C)C(C)C(C)c2ccc(CCC(C)(C)C)cc2)C(=C)C1. The Labute approximate surface area is 233 Å². The largest absolute Gasteiger partial charge is 0.366 e. The summed E-state index contributed by atoms with van der Waals surface area (Å²) in [7, 11) is 0. The number of rotatable bonds is 13. The van der Waals surface area contributed by atoms with E-state index in [1.807, 2.05) is 6.20 Å². The van der Waals surface area contributed by atoms with Gasteiger partial charge >= 0.3 is 0 Å². The number of hydrogen-bond acceptors (Lipinski definition) is 2. The average Bonchev–Trinajstić information content (AvgIpc) is 2.89. The Bertz CT molecular complexity index is 1130. The van der Waals surface area contributed by atoms with Crippen LogP contribution in [0.25, 0.3) is 0 Å². The van der Waals surface area contributed by atoms with Gasteiger partial charge in [-0.15, -0.1) is 0 Å². The van der Waals surface area contributed by atoms with Gasteiger partial charge < -0.3 is 5.32 Å². The normalized spacial score (nSPS) is 16.6. The summed E-state index contributed by atoms with van der Waals surface area (Å²) in [6.07, 6.45) is 12.3. The highest BCUT2D eigenvalue weighted by Crippen LogP contribution is 2.41. The minimum atomic E-state index is 0.202. The van der Waals surface area contributed by atoms with Gasteiger partial charge in [-0.25, -0.2) is 0 Å². The van der Waals surface area contributed by atoms with Crippen LogP contribution < -0.4 is 5.32 Å². The van der Waals surface area contributed by atoms with Crippen molar-refractivity contribution in [3.8, 4) is 6.07 Å². The third-order valence-electron chi connectivity index (χ3n) is 8.01. The summed E-state index contributed by atoms with van der Waals surface area (Å²) in [5.74, 6) is 0.887. The van der Waals surface area contributed by atoms with Gasteiger partial charge in [0.25, 0.3) is 0 Å². The molecule has 0 saturated carbocycles. The van der Waals surface area contributed by atoms with E-state index in [2.05, 4.69) is 116 Å². The van der Waals surface area contributed by atoms with Crippen molar-refractivity contribution in [2.45, 2.75) is 92.9 Å². The van der Waals surface area contributed by atoms with Crippen molar-refractivity contribution in [2.24, 2.45) is 17.3 Å². The summed E-state index contributed by atoms with van der Waals surface area (Å²) in [4.78, 5) is 0. The maximum Gasteiger partial charge on any atom is 0.0998 e.